The van der Waals surface area contributed by atoms with E-state index in [9.17, 15) is 0 Å². The van der Waals surface area contributed by atoms with E-state index in [1.807, 2.05) is 22.7 Å². The van der Waals surface area contributed by atoms with E-state index in [2.05, 4.69) is 175 Å². The predicted molar refractivity (Wildman–Crippen MR) is 237 cm³/mol. The molecular weight excluding hydrogens is 712 g/mol. The lowest BCUT2D eigenvalue weighted by Gasteiger charge is -2.44. The Morgan fingerprint density at radius 2 is 1.28 bits per heavy atom. The number of fused-ring (bicyclic) bond motifs is 11. The third-order valence-corrected chi connectivity index (χ3v) is 17.3. The first-order chi connectivity index (χ1) is 26.5. The van der Waals surface area contributed by atoms with Gasteiger partial charge in [-0.25, -0.2) is 0 Å². The smallest absolute Gasteiger partial charge is 0.266 e. The first-order valence-corrected chi connectivity index (χ1v) is 21.7. The molecule has 1 saturated carbocycles. The molecule has 2 nitrogen and oxygen atoms in total. The third-order valence-electron chi connectivity index (χ3n) is 13.1. The molecule has 12 rings (SSSR count). The van der Waals surface area contributed by atoms with Crippen molar-refractivity contribution in [3.05, 3.63) is 145 Å². The highest BCUT2D eigenvalue weighted by Crippen LogP contribution is 2.64. The second-order valence-corrected chi connectivity index (χ2v) is 19.5. The zero-order chi connectivity index (χ0) is 35.8. The quantitative estimate of drug-likeness (QED) is 0.166. The molecule has 2 atom stereocenters. The summed E-state index contributed by atoms with van der Waals surface area (Å²) in [7, 11) is 0. The van der Waals surface area contributed by atoms with Gasteiger partial charge in [-0.3, -0.25) is 0 Å². The Balaban J connectivity index is 1.15. The van der Waals surface area contributed by atoms with Gasteiger partial charge in [0.15, 0.2) is 0 Å². The molecule has 6 aromatic carbocycles. The van der Waals surface area contributed by atoms with Gasteiger partial charge in [0, 0.05) is 57.4 Å². The summed E-state index contributed by atoms with van der Waals surface area (Å²) in [6.07, 6.45) is 5.23. The Hall–Kier alpha value is -4.75. The van der Waals surface area contributed by atoms with Gasteiger partial charge in [-0.1, -0.05) is 105 Å². The zero-order valence-electron chi connectivity index (χ0n) is 30.3. The normalized spacial score (nSPS) is 20.8. The molecule has 0 N–H and O–H groups in total. The first kappa shape index (κ1) is 31.6. The number of para-hydroxylation sites is 2. The number of thiophene rings is 2. The number of hydrogen-bond acceptors (Lipinski definition) is 5. The second kappa shape index (κ2) is 11.4. The van der Waals surface area contributed by atoms with Gasteiger partial charge in [-0.05, 0) is 107 Å². The van der Waals surface area contributed by atoms with Crippen LogP contribution in [0.2, 0.25) is 0 Å². The Bertz CT molecular complexity index is 2830. The van der Waals surface area contributed by atoms with E-state index in [0.717, 1.165) is 0 Å². The summed E-state index contributed by atoms with van der Waals surface area (Å²) >= 11 is 6.09. The molecule has 2 aromatic heterocycles. The molecule has 0 bridgehead atoms. The maximum absolute atomic E-state index is 2.56. The fraction of sp³-hybridized carbons (Fsp3) is 0.167. The largest absolute Gasteiger partial charge is 0.310 e. The van der Waals surface area contributed by atoms with Crippen LogP contribution in [0, 0.1) is 0 Å². The summed E-state index contributed by atoms with van der Waals surface area (Å²) in [6.45, 7) is 5.20. The van der Waals surface area contributed by atoms with E-state index in [4.69, 9.17) is 0 Å². The Morgan fingerprint density at radius 3 is 2.09 bits per heavy atom. The van der Waals surface area contributed by atoms with Gasteiger partial charge < -0.3 is 9.80 Å². The molecule has 6 heteroatoms. The monoisotopic (exact) mass is 748 g/mol. The second-order valence-electron chi connectivity index (χ2n) is 15.9. The molecule has 0 radical (unpaired) electrons. The molecule has 0 spiro atoms. The molecule has 8 aromatic rings. The van der Waals surface area contributed by atoms with Crippen LogP contribution in [0.25, 0.3) is 31.3 Å². The van der Waals surface area contributed by atoms with Crippen molar-refractivity contribution in [1.82, 2.24) is 0 Å². The van der Waals surface area contributed by atoms with Gasteiger partial charge in [-0.2, -0.15) is 0 Å². The van der Waals surface area contributed by atoms with Crippen molar-refractivity contribution in [2.45, 2.75) is 54.6 Å². The van der Waals surface area contributed by atoms with Crippen molar-refractivity contribution in [3.8, 4) is 11.1 Å². The molecule has 4 aliphatic rings. The molecule has 260 valence electrons. The minimum atomic E-state index is 0.110. The number of anilines is 6. The topological polar surface area (TPSA) is 6.48 Å². The van der Waals surface area contributed by atoms with E-state index >= 15 is 0 Å². The molecular formula is C48H37BN2S3. The number of rotatable bonds is 3. The molecule has 5 heterocycles. The highest BCUT2D eigenvalue weighted by Gasteiger charge is 2.54. The summed E-state index contributed by atoms with van der Waals surface area (Å²) in [5.74, 6) is 0. The Kier molecular flexibility index (Phi) is 6.66. The lowest BCUT2D eigenvalue weighted by Crippen LogP contribution is -2.60. The molecule has 2 unspecified atom stereocenters. The Labute approximate surface area is 329 Å². The van der Waals surface area contributed by atoms with Crippen LogP contribution in [-0.4, -0.2) is 11.5 Å². The summed E-state index contributed by atoms with van der Waals surface area (Å²) in [5, 5.41) is 4.04. The molecule has 0 saturated heterocycles. The van der Waals surface area contributed by atoms with E-state index < -0.39 is 0 Å². The van der Waals surface area contributed by atoms with Crippen molar-refractivity contribution in [1.29, 1.82) is 0 Å². The highest BCUT2D eigenvalue weighted by atomic mass is 32.2. The van der Waals surface area contributed by atoms with E-state index in [-0.39, 0.29) is 16.9 Å². The van der Waals surface area contributed by atoms with Crippen LogP contribution >= 0.6 is 34.4 Å². The van der Waals surface area contributed by atoms with Crippen LogP contribution in [0.5, 0.6) is 0 Å². The predicted octanol–water partition coefficient (Wildman–Crippen LogP) is 12.6. The van der Waals surface area contributed by atoms with E-state index in [1.165, 1.54) is 111 Å². The van der Waals surface area contributed by atoms with Gasteiger partial charge in [0.1, 0.15) is 0 Å². The average molecular weight is 749 g/mol. The fourth-order valence-electron chi connectivity index (χ4n) is 10.3. The van der Waals surface area contributed by atoms with Gasteiger partial charge in [0.2, 0.25) is 0 Å². The summed E-state index contributed by atoms with van der Waals surface area (Å²) < 4.78 is 4.36. The van der Waals surface area contributed by atoms with Crippen molar-refractivity contribution in [3.63, 3.8) is 0 Å². The number of nitrogens with zero attached hydrogens (tertiary/aromatic N) is 2. The lowest BCUT2D eigenvalue weighted by molar-refractivity contribution is 0.260. The molecule has 0 amide bonds. The maximum Gasteiger partial charge on any atom is 0.266 e. The molecule has 1 fully saturated rings. The van der Waals surface area contributed by atoms with Crippen molar-refractivity contribution in [2.75, 3.05) is 9.80 Å². The van der Waals surface area contributed by atoms with Crippen molar-refractivity contribution < 1.29 is 0 Å². The third kappa shape index (κ3) is 4.14. The summed E-state index contributed by atoms with van der Waals surface area (Å²) in [5.41, 5.74) is 13.6. The summed E-state index contributed by atoms with van der Waals surface area (Å²) in [6, 6.07) is 52.5. The Morgan fingerprint density at radius 1 is 0.593 bits per heavy atom. The number of benzene rings is 6. The number of hydrogen-bond donors (Lipinski definition) is 0. The van der Waals surface area contributed by atoms with Gasteiger partial charge in [-0.15, -0.1) is 34.4 Å². The summed E-state index contributed by atoms with van der Waals surface area (Å²) in [4.78, 5) is 6.61. The fourth-order valence-corrected chi connectivity index (χ4v) is 14.7. The standard InChI is InChI=1S/C48H37BN2S3/c1-47-27-11-12-28-48(47,2)54-44-33(20-13-21-36(44)47)30-25-26-40-35(29-30)41-46(53-40)51(32-17-7-4-8-18-32)38-23-14-22-37-42(38)49(41)45-43(34-19-9-10-24-39(34)52-45)50(37)31-15-5-3-6-16-31/h3-10,13-26,29H,11-12,27-28H2,1-2H3. The lowest BCUT2D eigenvalue weighted by atomic mass is 9.36. The highest BCUT2D eigenvalue weighted by molar-refractivity contribution is 8.01. The van der Waals surface area contributed by atoms with E-state index in [0.29, 0.717) is 0 Å². The molecule has 54 heavy (non-hydrogen) atoms. The minimum Gasteiger partial charge on any atom is -0.310 e. The van der Waals surface area contributed by atoms with Crippen molar-refractivity contribution in [2.24, 2.45) is 0 Å². The van der Waals surface area contributed by atoms with Gasteiger partial charge in [0.05, 0.1) is 10.7 Å². The minimum absolute atomic E-state index is 0.110. The maximum atomic E-state index is 2.56. The van der Waals surface area contributed by atoms with Crippen LogP contribution in [0.4, 0.5) is 33.4 Å². The van der Waals surface area contributed by atoms with Crippen LogP contribution in [-0.2, 0) is 5.41 Å². The van der Waals surface area contributed by atoms with Gasteiger partial charge >= 0.3 is 0 Å². The van der Waals surface area contributed by atoms with Crippen LogP contribution < -0.4 is 25.5 Å². The molecule has 3 aliphatic heterocycles. The van der Waals surface area contributed by atoms with Gasteiger partial charge in [0.25, 0.3) is 6.71 Å². The first-order valence-electron chi connectivity index (χ1n) is 19.3. The van der Waals surface area contributed by atoms with E-state index in [1.54, 1.807) is 5.56 Å². The average Bonchev–Trinajstić information content (AvgIpc) is 3.86. The van der Waals surface area contributed by atoms with Crippen LogP contribution in [0.3, 0.4) is 0 Å². The van der Waals surface area contributed by atoms with Crippen LogP contribution in [0.15, 0.2) is 144 Å². The zero-order valence-corrected chi connectivity index (χ0v) is 32.8. The van der Waals surface area contributed by atoms with Crippen LogP contribution in [0.1, 0.15) is 45.1 Å². The van der Waals surface area contributed by atoms with Crippen molar-refractivity contribution >= 4 is 110 Å². The SMILES string of the molecule is CC12CCCCC1(C)c1cccc(-c3ccc4sc5c(c4c3)B3c4sc6ccccc6c4N(c4ccccc4)c4cccc(c43)N5c3ccccc3)c1S2. The number of thioether (sulfide) groups is 1. The molecule has 1 aliphatic carbocycles.